The third-order valence-corrected chi connectivity index (χ3v) is 2.00. The van der Waals surface area contributed by atoms with E-state index in [0.29, 0.717) is 12.6 Å². The fourth-order valence-electron chi connectivity index (χ4n) is 1.17. The summed E-state index contributed by atoms with van der Waals surface area (Å²) in [5, 5.41) is 12.3. The smallest absolute Gasteiger partial charge is 0.0636 e. The van der Waals surface area contributed by atoms with E-state index in [1.807, 2.05) is 6.92 Å². The molecule has 0 saturated heterocycles. The van der Waals surface area contributed by atoms with Crippen LogP contribution in [-0.4, -0.2) is 23.8 Å². The second kappa shape index (κ2) is 7.56. The molecule has 0 rings (SSSR count). The van der Waals surface area contributed by atoms with Crippen molar-refractivity contribution in [1.82, 2.24) is 5.32 Å². The van der Waals surface area contributed by atoms with E-state index in [9.17, 15) is 0 Å². The minimum absolute atomic E-state index is 0.223. The second-order valence-corrected chi connectivity index (χ2v) is 3.65. The van der Waals surface area contributed by atoms with E-state index in [0.717, 1.165) is 0 Å². The number of aliphatic hydroxyl groups is 1. The van der Waals surface area contributed by atoms with E-state index in [1.54, 1.807) is 0 Å². The molecule has 0 saturated carbocycles. The Hall–Kier alpha value is -0.0800. The van der Waals surface area contributed by atoms with E-state index in [4.69, 9.17) is 5.11 Å². The van der Waals surface area contributed by atoms with Crippen LogP contribution in [0.5, 0.6) is 0 Å². The van der Waals surface area contributed by atoms with Crippen LogP contribution in [-0.2, 0) is 0 Å². The number of nitrogens with one attached hydrogen (secondary N) is 1. The largest absolute Gasteiger partial charge is 0.392 e. The summed E-state index contributed by atoms with van der Waals surface area (Å²) in [5.74, 6) is 0. The molecule has 0 heterocycles. The first-order chi connectivity index (χ1) is 5.66. The van der Waals surface area contributed by atoms with Crippen LogP contribution in [0.4, 0.5) is 0 Å². The van der Waals surface area contributed by atoms with Gasteiger partial charge in [-0.05, 0) is 20.3 Å². The number of unbranched alkanes of at least 4 members (excludes halogenated alkanes) is 2. The van der Waals surface area contributed by atoms with E-state index in [2.05, 4.69) is 19.2 Å². The number of hydrogen-bond donors (Lipinski definition) is 2. The van der Waals surface area contributed by atoms with Gasteiger partial charge in [0.05, 0.1) is 6.10 Å². The Kier molecular flexibility index (Phi) is 7.51. The summed E-state index contributed by atoms with van der Waals surface area (Å²) in [6, 6.07) is 0.547. The van der Waals surface area contributed by atoms with Crippen LogP contribution in [0.25, 0.3) is 0 Å². The molecule has 0 aromatic carbocycles. The summed E-state index contributed by atoms with van der Waals surface area (Å²) in [6.07, 6.45) is 4.90. The van der Waals surface area contributed by atoms with Crippen LogP contribution in [0.2, 0.25) is 0 Å². The zero-order valence-corrected chi connectivity index (χ0v) is 8.64. The molecule has 0 bridgehead atoms. The second-order valence-electron chi connectivity index (χ2n) is 3.65. The average Bonchev–Trinajstić information content (AvgIpc) is 2.01. The van der Waals surface area contributed by atoms with Gasteiger partial charge in [0.2, 0.25) is 0 Å². The number of hydrogen-bond acceptors (Lipinski definition) is 2. The molecule has 0 aliphatic rings. The highest BCUT2D eigenvalue weighted by Gasteiger charge is 2.01. The molecule has 0 aliphatic heterocycles. The molecular formula is C10H23NO. The van der Waals surface area contributed by atoms with Crippen molar-refractivity contribution in [3.05, 3.63) is 0 Å². The van der Waals surface area contributed by atoms with Gasteiger partial charge in [-0.3, -0.25) is 0 Å². The van der Waals surface area contributed by atoms with Gasteiger partial charge >= 0.3 is 0 Å². The van der Waals surface area contributed by atoms with Crippen molar-refractivity contribution in [3.63, 3.8) is 0 Å². The Balaban J connectivity index is 3.15. The first-order valence-corrected chi connectivity index (χ1v) is 5.08. The summed E-state index contributed by atoms with van der Waals surface area (Å²) in [7, 11) is 0. The molecule has 0 amide bonds. The fourth-order valence-corrected chi connectivity index (χ4v) is 1.17. The van der Waals surface area contributed by atoms with Crippen molar-refractivity contribution >= 4 is 0 Å². The Labute approximate surface area is 76.4 Å². The summed E-state index contributed by atoms with van der Waals surface area (Å²) < 4.78 is 0. The predicted octanol–water partition coefficient (Wildman–Crippen LogP) is 1.93. The molecule has 0 radical (unpaired) electrons. The SMILES string of the molecule is CCCCCC(C)NC[C@@H](C)O. The van der Waals surface area contributed by atoms with Crippen LogP contribution in [0, 0.1) is 0 Å². The standard InChI is InChI=1S/C10H23NO/c1-4-5-6-7-9(2)11-8-10(3)12/h9-12H,4-8H2,1-3H3/t9?,10-/m1/s1. The predicted molar refractivity (Wildman–Crippen MR) is 53.3 cm³/mol. The third-order valence-electron chi connectivity index (χ3n) is 2.00. The lowest BCUT2D eigenvalue weighted by Crippen LogP contribution is -2.32. The normalized spacial score (nSPS) is 16.0. The quantitative estimate of drug-likeness (QED) is 0.577. The number of rotatable bonds is 7. The molecule has 0 aromatic rings. The fraction of sp³-hybridized carbons (Fsp3) is 1.00. The molecule has 0 spiro atoms. The molecule has 2 atom stereocenters. The van der Waals surface area contributed by atoms with Gasteiger partial charge in [0.1, 0.15) is 0 Å². The minimum Gasteiger partial charge on any atom is -0.392 e. The van der Waals surface area contributed by atoms with Gasteiger partial charge in [-0.25, -0.2) is 0 Å². The average molecular weight is 173 g/mol. The van der Waals surface area contributed by atoms with Crippen LogP contribution in [0.3, 0.4) is 0 Å². The van der Waals surface area contributed by atoms with Gasteiger partial charge in [-0.1, -0.05) is 26.2 Å². The van der Waals surface area contributed by atoms with E-state index in [-0.39, 0.29) is 6.10 Å². The Bertz CT molecular complexity index is 93.8. The Morgan fingerprint density at radius 2 is 1.92 bits per heavy atom. The molecule has 0 fully saturated rings. The topological polar surface area (TPSA) is 32.3 Å². The molecule has 2 heteroatoms. The minimum atomic E-state index is -0.223. The van der Waals surface area contributed by atoms with Gasteiger partial charge in [0.15, 0.2) is 0 Å². The van der Waals surface area contributed by atoms with E-state index >= 15 is 0 Å². The first-order valence-electron chi connectivity index (χ1n) is 5.08. The van der Waals surface area contributed by atoms with Gasteiger partial charge in [0.25, 0.3) is 0 Å². The first kappa shape index (κ1) is 11.9. The molecule has 0 aliphatic carbocycles. The highest BCUT2D eigenvalue weighted by Crippen LogP contribution is 2.02. The van der Waals surface area contributed by atoms with Gasteiger partial charge in [-0.15, -0.1) is 0 Å². The zero-order chi connectivity index (χ0) is 9.40. The molecular weight excluding hydrogens is 150 g/mol. The van der Waals surface area contributed by atoms with Crippen molar-refractivity contribution in [3.8, 4) is 0 Å². The maximum Gasteiger partial charge on any atom is 0.0636 e. The summed E-state index contributed by atoms with van der Waals surface area (Å²) >= 11 is 0. The maximum absolute atomic E-state index is 9.01. The number of aliphatic hydroxyl groups excluding tert-OH is 1. The monoisotopic (exact) mass is 173 g/mol. The van der Waals surface area contributed by atoms with Crippen molar-refractivity contribution in [2.24, 2.45) is 0 Å². The Morgan fingerprint density at radius 3 is 2.42 bits per heavy atom. The molecule has 12 heavy (non-hydrogen) atoms. The molecule has 2 nitrogen and oxygen atoms in total. The lowest BCUT2D eigenvalue weighted by atomic mass is 10.1. The maximum atomic E-state index is 9.01. The van der Waals surface area contributed by atoms with Crippen LogP contribution in [0.15, 0.2) is 0 Å². The van der Waals surface area contributed by atoms with Crippen LogP contribution in [0.1, 0.15) is 46.5 Å². The van der Waals surface area contributed by atoms with Gasteiger partial charge in [-0.2, -0.15) is 0 Å². The van der Waals surface area contributed by atoms with Gasteiger partial charge in [0, 0.05) is 12.6 Å². The van der Waals surface area contributed by atoms with Crippen molar-refractivity contribution in [2.45, 2.75) is 58.6 Å². The highest BCUT2D eigenvalue weighted by molar-refractivity contribution is 4.62. The van der Waals surface area contributed by atoms with Gasteiger partial charge < -0.3 is 10.4 Å². The summed E-state index contributed by atoms with van der Waals surface area (Å²) in [5.41, 5.74) is 0. The van der Waals surface area contributed by atoms with Crippen molar-refractivity contribution < 1.29 is 5.11 Å². The third kappa shape index (κ3) is 8.02. The summed E-state index contributed by atoms with van der Waals surface area (Å²) in [4.78, 5) is 0. The van der Waals surface area contributed by atoms with E-state index < -0.39 is 0 Å². The molecule has 0 aromatic heterocycles. The van der Waals surface area contributed by atoms with Crippen molar-refractivity contribution in [1.29, 1.82) is 0 Å². The summed E-state index contributed by atoms with van der Waals surface area (Å²) in [6.45, 7) is 6.92. The zero-order valence-electron chi connectivity index (χ0n) is 8.64. The lowest BCUT2D eigenvalue weighted by molar-refractivity contribution is 0.186. The molecule has 74 valence electrons. The van der Waals surface area contributed by atoms with E-state index in [1.165, 1.54) is 25.7 Å². The highest BCUT2D eigenvalue weighted by atomic mass is 16.3. The van der Waals surface area contributed by atoms with Crippen LogP contribution >= 0.6 is 0 Å². The van der Waals surface area contributed by atoms with Crippen LogP contribution < -0.4 is 5.32 Å². The molecule has 1 unspecified atom stereocenters. The van der Waals surface area contributed by atoms with Crippen molar-refractivity contribution in [2.75, 3.05) is 6.54 Å². The molecule has 2 N–H and O–H groups in total. The Morgan fingerprint density at radius 1 is 1.25 bits per heavy atom. The lowest BCUT2D eigenvalue weighted by Gasteiger charge is -2.14.